The summed E-state index contributed by atoms with van der Waals surface area (Å²) in [6, 6.07) is 1.32. The maximum Gasteiger partial charge on any atom is 0.266 e. The van der Waals surface area contributed by atoms with Gasteiger partial charge in [-0.2, -0.15) is 4.39 Å². The van der Waals surface area contributed by atoms with Crippen molar-refractivity contribution in [2.24, 2.45) is 0 Å². The van der Waals surface area contributed by atoms with E-state index in [1.807, 2.05) is 0 Å². The van der Waals surface area contributed by atoms with Crippen LogP contribution < -0.4 is 0 Å². The SMILES string of the molecule is Oc1ccc(C(F)F)c(F)c1F. The number of rotatable bonds is 1. The predicted octanol–water partition coefficient (Wildman–Crippen LogP) is 2.61. The first-order chi connectivity index (χ1) is 5.54. The Morgan fingerprint density at radius 1 is 1.08 bits per heavy atom. The first-order valence-electron chi connectivity index (χ1n) is 2.99. The Morgan fingerprint density at radius 3 is 2.17 bits per heavy atom. The Kier molecular flexibility index (Phi) is 2.21. The van der Waals surface area contributed by atoms with Gasteiger partial charge >= 0.3 is 0 Å². The van der Waals surface area contributed by atoms with E-state index >= 15 is 0 Å². The van der Waals surface area contributed by atoms with Crippen molar-refractivity contribution in [3.05, 3.63) is 29.3 Å². The molecule has 0 amide bonds. The van der Waals surface area contributed by atoms with Crippen LogP contribution in [0.1, 0.15) is 12.0 Å². The molecule has 5 heteroatoms. The molecule has 0 aromatic heterocycles. The van der Waals surface area contributed by atoms with Gasteiger partial charge in [0.1, 0.15) is 0 Å². The van der Waals surface area contributed by atoms with Gasteiger partial charge in [0.2, 0.25) is 5.82 Å². The molecule has 0 fully saturated rings. The summed E-state index contributed by atoms with van der Waals surface area (Å²) in [6.45, 7) is 0. The van der Waals surface area contributed by atoms with E-state index in [1.54, 1.807) is 0 Å². The van der Waals surface area contributed by atoms with E-state index in [-0.39, 0.29) is 0 Å². The molecule has 1 rings (SSSR count). The molecule has 0 atom stereocenters. The van der Waals surface area contributed by atoms with Gasteiger partial charge in [-0.05, 0) is 12.1 Å². The molecular weight excluding hydrogens is 176 g/mol. The van der Waals surface area contributed by atoms with Crippen molar-refractivity contribution in [1.82, 2.24) is 0 Å². The fourth-order valence-corrected chi connectivity index (χ4v) is 0.723. The molecule has 1 N–H and O–H groups in total. The third-order valence-corrected chi connectivity index (χ3v) is 1.33. The molecule has 0 radical (unpaired) electrons. The van der Waals surface area contributed by atoms with Crippen molar-refractivity contribution in [2.75, 3.05) is 0 Å². The van der Waals surface area contributed by atoms with Crippen LogP contribution in [-0.2, 0) is 0 Å². The van der Waals surface area contributed by atoms with E-state index in [1.165, 1.54) is 0 Å². The lowest BCUT2D eigenvalue weighted by Gasteiger charge is -2.02. The maximum atomic E-state index is 12.5. The van der Waals surface area contributed by atoms with Gasteiger partial charge < -0.3 is 5.11 Å². The fourth-order valence-electron chi connectivity index (χ4n) is 0.723. The van der Waals surface area contributed by atoms with E-state index in [2.05, 4.69) is 0 Å². The molecule has 1 aromatic rings. The normalized spacial score (nSPS) is 10.8. The highest BCUT2D eigenvalue weighted by atomic mass is 19.3. The number of hydrogen-bond donors (Lipinski definition) is 1. The summed E-state index contributed by atoms with van der Waals surface area (Å²) in [6.07, 6.45) is -3.08. The average molecular weight is 180 g/mol. The number of alkyl halides is 2. The number of halogens is 4. The molecule has 1 aromatic carbocycles. The molecule has 0 spiro atoms. The third-order valence-electron chi connectivity index (χ3n) is 1.33. The Balaban J connectivity index is 3.27. The summed E-state index contributed by atoms with van der Waals surface area (Å²) < 4.78 is 48.6. The minimum Gasteiger partial charge on any atom is -0.505 e. The Labute approximate surface area is 65.3 Å². The van der Waals surface area contributed by atoms with Crippen LogP contribution in [0, 0.1) is 11.6 Å². The average Bonchev–Trinajstić information content (AvgIpc) is 2.00. The second-order valence-corrected chi connectivity index (χ2v) is 2.10. The molecule has 0 unspecified atom stereocenters. The molecule has 0 aliphatic rings. The van der Waals surface area contributed by atoms with Crippen molar-refractivity contribution in [2.45, 2.75) is 6.43 Å². The van der Waals surface area contributed by atoms with Crippen LogP contribution in [-0.4, -0.2) is 5.11 Å². The lowest BCUT2D eigenvalue weighted by molar-refractivity contribution is 0.144. The summed E-state index contributed by atoms with van der Waals surface area (Å²) >= 11 is 0. The minimum atomic E-state index is -3.08. The summed E-state index contributed by atoms with van der Waals surface area (Å²) in [7, 11) is 0. The molecule has 0 bridgehead atoms. The second kappa shape index (κ2) is 3.00. The van der Waals surface area contributed by atoms with Crippen molar-refractivity contribution >= 4 is 0 Å². The van der Waals surface area contributed by atoms with E-state index in [9.17, 15) is 17.6 Å². The summed E-state index contributed by atoms with van der Waals surface area (Å²) in [5.74, 6) is -4.32. The van der Waals surface area contributed by atoms with E-state index in [0.717, 1.165) is 0 Å². The highest BCUT2D eigenvalue weighted by molar-refractivity contribution is 5.30. The van der Waals surface area contributed by atoms with E-state index < -0.39 is 29.4 Å². The number of phenols is 1. The van der Waals surface area contributed by atoms with Crippen LogP contribution in [0.3, 0.4) is 0 Å². The second-order valence-electron chi connectivity index (χ2n) is 2.10. The first kappa shape index (κ1) is 8.83. The van der Waals surface area contributed by atoms with Crippen LogP contribution >= 0.6 is 0 Å². The number of phenolic OH excluding ortho intramolecular Hbond substituents is 1. The van der Waals surface area contributed by atoms with Gasteiger partial charge in [-0.1, -0.05) is 0 Å². The molecule has 0 aliphatic heterocycles. The molecular formula is C7H4F4O. The number of benzene rings is 1. The Bertz CT molecular complexity index is 298. The quantitative estimate of drug-likeness (QED) is 0.658. The molecule has 0 heterocycles. The topological polar surface area (TPSA) is 20.2 Å². The maximum absolute atomic E-state index is 12.5. The van der Waals surface area contributed by atoms with Crippen LogP contribution in [0.5, 0.6) is 5.75 Å². The largest absolute Gasteiger partial charge is 0.505 e. The van der Waals surface area contributed by atoms with Crippen molar-refractivity contribution in [3.63, 3.8) is 0 Å². The Morgan fingerprint density at radius 2 is 1.67 bits per heavy atom. The monoisotopic (exact) mass is 180 g/mol. The highest BCUT2D eigenvalue weighted by Gasteiger charge is 2.18. The zero-order valence-corrected chi connectivity index (χ0v) is 5.69. The first-order valence-corrected chi connectivity index (χ1v) is 2.99. The molecule has 1 nitrogen and oxygen atoms in total. The van der Waals surface area contributed by atoms with Crippen molar-refractivity contribution in [1.29, 1.82) is 0 Å². The predicted molar refractivity (Wildman–Crippen MR) is 33.0 cm³/mol. The van der Waals surface area contributed by atoms with Gasteiger partial charge in [0.05, 0.1) is 5.56 Å². The third kappa shape index (κ3) is 1.34. The van der Waals surface area contributed by atoms with Gasteiger partial charge in [0.25, 0.3) is 6.43 Å². The summed E-state index contributed by atoms with van der Waals surface area (Å²) in [4.78, 5) is 0. The lowest BCUT2D eigenvalue weighted by Crippen LogP contribution is -1.94. The van der Waals surface area contributed by atoms with Crippen LogP contribution in [0.15, 0.2) is 12.1 Å². The highest BCUT2D eigenvalue weighted by Crippen LogP contribution is 2.27. The smallest absolute Gasteiger partial charge is 0.266 e. The van der Waals surface area contributed by atoms with Gasteiger partial charge in [-0.15, -0.1) is 0 Å². The van der Waals surface area contributed by atoms with Crippen molar-refractivity contribution in [3.8, 4) is 5.75 Å². The van der Waals surface area contributed by atoms with Crippen LogP contribution in [0.4, 0.5) is 17.6 Å². The number of hydrogen-bond acceptors (Lipinski definition) is 1. The lowest BCUT2D eigenvalue weighted by atomic mass is 10.2. The molecule has 0 aliphatic carbocycles. The van der Waals surface area contributed by atoms with Gasteiger partial charge in [0, 0.05) is 0 Å². The van der Waals surface area contributed by atoms with Crippen molar-refractivity contribution < 1.29 is 22.7 Å². The van der Waals surface area contributed by atoms with Gasteiger partial charge in [-0.3, -0.25) is 0 Å². The van der Waals surface area contributed by atoms with Gasteiger partial charge in [-0.25, -0.2) is 13.2 Å². The number of aromatic hydroxyl groups is 1. The molecule has 0 saturated carbocycles. The fraction of sp³-hybridized carbons (Fsp3) is 0.143. The molecule has 66 valence electrons. The zero-order valence-electron chi connectivity index (χ0n) is 5.69. The zero-order chi connectivity index (χ0) is 9.30. The Hall–Kier alpha value is -1.26. The summed E-state index contributed by atoms with van der Waals surface area (Å²) in [5.41, 5.74) is -1.05. The van der Waals surface area contributed by atoms with Crippen LogP contribution in [0.2, 0.25) is 0 Å². The molecule has 0 saturated heterocycles. The van der Waals surface area contributed by atoms with E-state index in [4.69, 9.17) is 5.11 Å². The van der Waals surface area contributed by atoms with Crippen LogP contribution in [0.25, 0.3) is 0 Å². The standard InChI is InChI=1S/C7H4F4O/c8-5-3(7(10)11)1-2-4(12)6(5)9/h1-2,7,12H. The molecule has 12 heavy (non-hydrogen) atoms. The van der Waals surface area contributed by atoms with E-state index in [0.29, 0.717) is 12.1 Å². The minimum absolute atomic E-state index is 0.637. The van der Waals surface area contributed by atoms with Gasteiger partial charge in [0.15, 0.2) is 11.6 Å². The summed E-state index contributed by atoms with van der Waals surface area (Å²) in [5, 5.41) is 8.55.